The van der Waals surface area contributed by atoms with E-state index in [1.807, 2.05) is 35.0 Å². The third kappa shape index (κ3) is 4.49. The second-order valence-electron chi connectivity index (χ2n) is 7.23. The fourth-order valence-electron chi connectivity index (χ4n) is 2.87. The Kier molecular flexibility index (Phi) is 5.38. The van der Waals surface area contributed by atoms with E-state index < -0.39 is 0 Å². The van der Waals surface area contributed by atoms with E-state index in [4.69, 9.17) is 5.10 Å². The molecule has 0 atom stereocenters. The van der Waals surface area contributed by atoms with Gasteiger partial charge >= 0.3 is 0 Å². The van der Waals surface area contributed by atoms with Crippen molar-refractivity contribution in [3.63, 3.8) is 0 Å². The molecule has 1 N–H and O–H groups in total. The van der Waals surface area contributed by atoms with Gasteiger partial charge in [-0.15, -0.1) is 0 Å². The number of hydrogen-bond acceptors (Lipinski definition) is 3. The molecule has 5 heteroatoms. The molecule has 3 aromatic rings. The van der Waals surface area contributed by atoms with Crippen LogP contribution in [0.5, 0.6) is 0 Å². The standard InChI is InChI=1S/C21H26N4O/c1-17-15-19(18-9-5-4-6-10-18)23-25(17)14-11-21(2,3)22-16-20(26)24-12-7-8-13-24/h4-10,12-13,15,22H,11,14,16H2,1-3H3. The van der Waals surface area contributed by atoms with Gasteiger partial charge in [-0.05, 0) is 45.4 Å². The van der Waals surface area contributed by atoms with Gasteiger partial charge in [-0.1, -0.05) is 30.3 Å². The monoisotopic (exact) mass is 350 g/mol. The van der Waals surface area contributed by atoms with Crippen molar-refractivity contribution in [2.24, 2.45) is 0 Å². The number of hydrogen-bond donors (Lipinski definition) is 1. The van der Waals surface area contributed by atoms with E-state index in [0.717, 1.165) is 29.9 Å². The van der Waals surface area contributed by atoms with Crippen LogP contribution in [0.2, 0.25) is 0 Å². The Morgan fingerprint density at radius 2 is 1.81 bits per heavy atom. The zero-order valence-electron chi connectivity index (χ0n) is 15.6. The fraction of sp³-hybridized carbons (Fsp3) is 0.333. The van der Waals surface area contributed by atoms with Crippen LogP contribution in [0.25, 0.3) is 11.3 Å². The van der Waals surface area contributed by atoms with Gasteiger partial charge in [-0.2, -0.15) is 5.10 Å². The first-order valence-corrected chi connectivity index (χ1v) is 8.96. The fourth-order valence-corrected chi connectivity index (χ4v) is 2.87. The summed E-state index contributed by atoms with van der Waals surface area (Å²) in [5.74, 6) is 0.0460. The molecule has 3 rings (SSSR count). The van der Waals surface area contributed by atoms with Crippen molar-refractivity contribution < 1.29 is 4.79 Å². The number of carbonyl (C=O) groups is 1. The highest BCUT2D eigenvalue weighted by molar-refractivity contribution is 5.80. The van der Waals surface area contributed by atoms with Gasteiger partial charge in [-0.3, -0.25) is 14.0 Å². The lowest BCUT2D eigenvalue weighted by Crippen LogP contribution is -2.44. The van der Waals surface area contributed by atoms with Gasteiger partial charge < -0.3 is 5.32 Å². The van der Waals surface area contributed by atoms with Crippen molar-refractivity contribution >= 4 is 5.91 Å². The number of nitrogens with one attached hydrogen (secondary N) is 1. The van der Waals surface area contributed by atoms with Crippen LogP contribution < -0.4 is 5.32 Å². The van der Waals surface area contributed by atoms with Gasteiger partial charge in [0.05, 0.1) is 12.2 Å². The predicted molar refractivity (Wildman–Crippen MR) is 104 cm³/mol. The average molecular weight is 350 g/mol. The molecule has 2 heterocycles. The van der Waals surface area contributed by atoms with E-state index in [1.165, 1.54) is 0 Å². The highest BCUT2D eigenvalue weighted by Crippen LogP contribution is 2.19. The summed E-state index contributed by atoms with van der Waals surface area (Å²) < 4.78 is 3.65. The van der Waals surface area contributed by atoms with Crippen LogP contribution in [0.3, 0.4) is 0 Å². The molecule has 1 aromatic carbocycles. The van der Waals surface area contributed by atoms with Gasteiger partial charge in [0, 0.05) is 35.7 Å². The molecule has 0 radical (unpaired) electrons. The maximum absolute atomic E-state index is 12.1. The van der Waals surface area contributed by atoms with Crippen LogP contribution in [-0.2, 0) is 6.54 Å². The third-order valence-electron chi connectivity index (χ3n) is 4.61. The zero-order valence-corrected chi connectivity index (χ0v) is 15.6. The van der Waals surface area contributed by atoms with Crippen LogP contribution in [0.1, 0.15) is 30.8 Å². The van der Waals surface area contributed by atoms with E-state index in [9.17, 15) is 4.79 Å². The van der Waals surface area contributed by atoms with Crippen LogP contribution in [-0.4, -0.2) is 32.3 Å². The van der Waals surface area contributed by atoms with Crippen molar-refractivity contribution in [1.29, 1.82) is 0 Å². The van der Waals surface area contributed by atoms with Crippen molar-refractivity contribution in [1.82, 2.24) is 19.7 Å². The Morgan fingerprint density at radius 3 is 2.50 bits per heavy atom. The summed E-state index contributed by atoms with van der Waals surface area (Å²) in [6, 6.07) is 16.0. The normalized spacial score (nSPS) is 11.7. The van der Waals surface area contributed by atoms with Gasteiger partial charge in [0.1, 0.15) is 0 Å². The van der Waals surface area contributed by atoms with Gasteiger partial charge in [0.25, 0.3) is 0 Å². The predicted octanol–water partition coefficient (Wildman–Crippen LogP) is 3.76. The van der Waals surface area contributed by atoms with E-state index >= 15 is 0 Å². The summed E-state index contributed by atoms with van der Waals surface area (Å²) in [4.78, 5) is 12.1. The molecule has 5 nitrogen and oxygen atoms in total. The summed E-state index contributed by atoms with van der Waals surface area (Å²) >= 11 is 0. The molecule has 26 heavy (non-hydrogen) atoms. The molecule has 0 spiro atoms. The number of aryl methyl sites for hydroxylation is 2. The molecule has 0 aliphatic carbocycles. The molecule has 0 fully saturated rings. The summed E-state index contributed by atoms with van der Waals surface area (Å²) in [5.41, 5.74) is 3.11. The van der Waals surface area contributed by atoms with Crippen LogP contribution in [0.4, 0.5) is 0 Å². The highest BCUT2D eigenvalue weighted by Gasteiger charge is 2.19. The Hall–Kier alpha value is -2.66. The zero-order chi connectivity index (χ0) is 18.6. The number of aromatic nitrogens is 3. The Bertz CT molecular complexity index is 848. The number of nitrogens with zero attached hydrogens (tertiary/aromatic N) is 3. The first-order valence-electron chi connectivity index (χ1n) is 8.96. The van der Waals surface area contributed by atoms with E-state index in [-0.39, 0.29) is 11.4 Å². The lowest BCUT2D eigenvalue weighted by molar-refractivity contribution is 0.0899. The molecular weight excluding hydrogens is 324 g/mol. The Labute approximate surface area is 154 Å². The molecular formula is C21H26N4O. The summed E-state index contributed by atoms with van der Waals surface area (Å²) in [7, 11) is 0. The van der Waals surface area contributed by atoms with Crippen molar-refractivity contribution in [3.8, 4) is 11.3 Å². The summed E-state index contributed by atoms with van der Waals surface area (Å²) in [6.45, 7) is 7.43. The Morgan fingerprint density at radius 1 is 1.12 bits per heavy atom. The quantitative estimate of drug-likeness (QED) is 0.706. The minimum absolute atomic E-state index is 0.0460. The molecule has 0 aliphatic heterocycles. The van der Waals surface area contributed by atoms with Crippen molar-refractivity contribution in [3.05, 3.63) is 66.6 Å². The maximum Gasteiger partial charge on any atom is 0.244 e. The van der Waals surface area contributed by atoms with E-state index in [2.05, 4.69) is 44.3 Å². The lowest BCUT2D eigenvalue weighted by Gasteiger charge is -2.26. The first kappa shape index (κ1) is 18.1. The third-order valence-corrected chi connectivity index (χ3v) is 4.61. The summed E-state index contributed by atoms with van der Waals surface area (Å²) in [6.07, 6.45) is 4.42. The van der Waals surface area contributed by atoms with Crippen LogP contribution >= 0.6 is 0 Å². The average Bonchev–Trinajstić information content (AvgIpc) is 3.29. The van der Waals surface area contributed by atoms with Gasteiger partial charge in [-0.25, -0.2) is 0 Å². The highest BCUT2D eigenvalue weighted by atomic mass is 16.2. The van der Waals surface area contributed by atoms with E-state index in [1.54, 1.807) is 17.0 Å². The number of benzene rings is 1. The minimum atomic E-state index is -0.159. The Balaban J connectivity index is 1.57. The molecule has 0 saturated heterocycles. The topological polar surface area (TPSA) is 51.9 Å². The lowest BCUT2D eigenvalue weighted by atomic mass is 10.0. The number of rotatable bonds is 7. The second-order valence-corrected chi connectivity index (χ2v) is 7.23. The molecule has 2 aromatic heterocycles. The molecule has 0 saturated carbocycles. The smallest absolute Gasteiger partial charge is 0.244 e. The van der Waals surface area contributed by atoms with Crippen LogP contribution in [0, 0.1) is 6.92 Å². The minimum Gasteiger partial charge on any atom is -0.303 e. The second kappa shape index (κ2) is 7.70. The van der Waals surface area contributed by atoms with Crippen molar-refractivity contribution in [2.75, 3.05) is 6.54 Å². The van der Waals surface area contributed by atoms with Gasteiger partial charge in [0.2, 0.25) is 5.91 Å². The SMILES string of the molecule is Cc1cc(-c2ccccc2)nn1CCC(C)(C)NCC(=O)n1cccc1. The van der Waals surface area contributed by atoms with Crippen LogP contribution in [0.15, 0.2) is 60.9 Å². The van der Waals surface area contributed by atoms with Gasteiger partial charge in [0.15, 0.2) is 0 Å². The molecule has 0 unspecified atom stereocenters. The first-order chi connectivity index (χ1) is 12.4. The van der Waals surface area contributed by atoms with Crippen molar-refractivity contribution in [2.45, 2.75) is 39.3 Å². The molecule has 0 aliphatic rings. The van der Waals surface area contributed by atoms with E-state index in [0.29, 0.717) is 6.54 Å². The summed E-state index contributed by atoms with van der Waals surface area (Å²) in [5, 5.41) is 8.10. The maximum atomic E-state index is 12.1. The largest absolute Gasteiger partial charge is 0.303 e. The molecule has 136 valence electrons. The number of carbonyl (C=O) groups excluding carboxylic acids is 1. The molecule has 0 bridgehead atoms. The molecule has 0 amide bonds.